The molecule has 3 heterocycles. The van der Waals surface area contributed by atoms with E-state index in [2.05, 4.69) is 10.3 Å². The van der Waals surface area contributed by atoms with Gasteiger partial charge in [0.25, 0.3) is 5.91 Å². The SMILES string of the molecule is CN1C(=O)NC(=O)C12C=COc1ncccc12. The quantitative estimate of drug-likeness (QED) is 0.654. The molecule has 17 heavy (non-hydrogen) atoms. The van der Waals surface area contributed by atoms with E-state index in [1.54, 1.807) is 31.5 Å². The van der Waals surface area contributed by atoms with Crippen LogP contribution < -0.4 is 10.1 Å². The van der Waals surface area contributed by atoms with Crippen molar-refractivity contribution in [3.8, 4) is 5.88 Å². The number of likely N-dealkylation sites (N-methyl/N-ethyl adjacent to an activating group) is 1. The maximum Gasteiger partial charge on any atom is 0.325 e. The Morgan fingerprint density at radius 2 is 2.29 bits per heavy atom. The van der Waals surface area contributed by atoms with Gasteiger partial charge in [-0.25, -0.2) is 9.78 Å². The highest BCUT2D eigenvalue weighted by Gasteiger charge is 2.53. The molecule has 1 aromatic rings. The third-order valence-corrected chi connectivity index (χ3v) is 3.07. The van der Waals surface area contributed by atoms with Gasteiger partial charge >= 0.3 is 6.03 Å². The Labute approximate surface area is 96.9 Å². The van der Waals surface area contributed by atoms with E-state index in [0.717, 1.165) is 0 Å². The van der Waals surface area contributed by atoms with Crippen molar-refractivity contribution in [2.45, 2.75) is 5.54 Å². The van der Waals surface area contributed by atoms with Crippen LogP contribution in [0.2, 0.25) is 0 Å². The predicted octanol–water partition coefficient (Wildman–Crippen LogP) is 0.365. The average Bonchev–Trinajstić information content (AvgIpc) is 2.55. The molecule has 3 rings (SSSR count). The normalized spacial score (nSPS) is 25.8. The average molecular weight is 231 g/mol. The van der Waals surface area contributed by atoms with E-state index in [4.69, 9.17) is 4.74 Å². The van der Waals surface area contributed by atoms with Crippen LogP contribution in [0.4, 0.5) is 4.79 Å². The molecule has 1 N–H and O–H groups in total. The van der Waals surface area contributed by atoms with Gasteiger partial charge < -0.3 is 9.64 Å². The van der Waals surface area contributed by atoms with Gasteiger partial charge in [-0.1, -0.05) is 0 Å². The smallest absolute Gasteiger partial charge is 0.325 e. The second-order valence-corrected chi connectivity index (χ2v) is 3.86. The number of hydrogen-bond acceptors (Lipinski definition) is 4. The first-order chi connectivity index (χ1) is 8.16. The molecule has 0 aliphatic carbocycles. The molecule has 0 radical (unpaired) electrons. The summed E-state index contributed by atoms with van der Waals surface area (Å²) in [5, 5.41) is 2.28. The summed E-state index contributed by atoms with van der Waals surface area (Å²) < 4.78 is 5.23. The van der Waals surface area contributed by atoms with Crippen LogP contribution in [0.1, 0.15) is 5.56 Å². The Morgan fingerprint density at radius 3 is 3.00 bits per heavy atom. The molecule has 2 aliphatic heterocycles. The monoisotopic (exact) mass is 231 g/mol. The number of aromatic nitrogens is 1. The standard InChI is InChI=1S/C11H9N3O3/c1-14-10(16)13-9(15)11(14)4-6-17-8-7(11)3-2-5-12-8/h2-6H,1H3,(H,13,15,16). The first-order valence-electron chi connectivity index (χ1n) is 5.05. The summed E-state index contributed by atoms with van der Waals surface area (Å²) in [5.41, 5.74) is -0.577. The zero-order chi connectivity index (χ0) is 12.0. The fourth-order valence-electron chi connectivity index (χ4n) is 2.14. The summed E-state index contributed by atoms with van der Waals surface area (Å²) in [6.45, 7) is 0. The van der Waals surface area contributed by atoms with Crippen LogP contribution in [0.3, 0.4) is 0 Å². The minimum Gasteiger partial charge on any atom is -0.447 e. The molecule has 1 unspecified atom stereocenters. The largest absolute Gasteiger partial charge is 0.447 e. The number of rotatable bonds is 0. The molecule has 0 bridgehead atoms. The van der Waals surface area contributed by atoms with Crippen LogP contribution in [-0.4, -0.2) is 28.9 Å². The van der Waals surface area contributed by atoms with Crippen LogP contribution >= 0.6 is 0 Å². The van der Waals surface area contributed by atoms with Gasteiger partial charge in [0.15, 0.2) is 5.54 Å². The van der Waals surface area contributed by atoms with Crippen molar-refractivity contribution < 1.29 is 14.3 Å². The molecule has 6 heteroatoms. The predicted molar refractivity (Wildman–Crippen MR) is 57.0 cm³/mol. The van der Waals surface area contributed by atoms with Crippen molar-refractivity contribution in [2.75, 3.05) is 7.05 Å². The molecular weight excluding hydrogens is 222 g/mol. The first-order valence-corrected chi connectivity index (χ1v) is 5.05. The van der Waals surface area contributed by atoms with E-state index in [1.165, 1.54) is 11.2 Å². The Bertz CT molecular complexity index is 555. The number of fused-ring (bicyclic) bond motifs is 2. The van der Waals surface area contributed by atoms with Gasteiger partial charge in [0.1, 0.15) is 0 Å². The number of pyridine rings is 1. The van der Waals surface area contributed by atoms with Gasteiger partial charge in [-0.15, -0.1) is 0 Å². The summed E-state index contributed by atoms with van der Waals surface area (Å²) in [5.74, 6) is -0.0505. The van der Waals surface area contributed by atoms with E-state index in [-0.39, 0.29) is 5.91 Å². The highest BCUT2D eigenvalue weighted by molar-refractivity contribution is 6.09. The van der Waals surface area contributed by atoms with E-state index < -0.39 is 11.6 Å². The topological polar surface area (TPSA) is 71.5 Å². The van der Waals surface area contributed by atoms with E-state index in [1.807, 2.05) is 0 Å². The van der Waals surface area contributed by atoms with Gasteiger partial charge in [-0.3, -0.25) is 10.1 Å². The summed E-state index contributed by atoms with van der Waals surface area (Å²) in [6.07, 6.45) is 4.50. The third-order valence-electron chi connectivity index (χ3n) is 3.07. The number of urea groups is 1. The third kappa shape index (κ3) is 1.06. The Balaban J connectivity index is 2.26. The minimum absolute atomic E-state index is 0.340. The van der Waals surface area contributed by atoms with Crippen LogP contribution in [0.15, 0.2) is 30.7 Å². The van der Waals surface area contributed by atoms with Crippen molar-refractivity contribution in [1.29, 1.82) is 0 Å². The molecule has 0 aromatic carbocycles. The first kappa shape index (κ1) is 9.83. The van der Waals surface area contributed by atoms with Crippen LogP contribution in [0.25, 0.3) is 0 Å². The number of amides is 3. The summed E-state index contributed by atoms with van der Waals surface area (Å²) in [4.78, 5) is 29.0. The van der Waals surface area contributed by atoms with Gasteiger partial charge in [-0.2, -0.15) is 0 Å². The zero-order valence-corrected chi connectivity index (χ0v) is 9.01. The summed E-state index contributed by atoms with van der Waals surface area (Å²) in [6, 6.07) is 2.99. The lowest BCUT2D eigenvalue weighted by atomic mass is 9.88. The molecule has 1 spiro atoms. The van der Waals surface area contributed by atoms with Crippen molar-refractivity contribution in [2.24, 2.45) is 0 Å². The second kappa shape index (κ2) is 3.07. The highest BCUT2D eigenvalue weighted by Crippen LogP contribution is 2.40. The van der Waals surface area contributed by atoms with E-state index >= 15 is 0 Å². The fraction of sp³-hybridized carbons (Fsp3) is 0.182. The van der Waals surface area contributed by atoms with Crippen molar-refractivity contribution in [3.05, 3.63) is 36.2 Å². The molecule has 1 atom stereocenters. The lowest BCUT2D eigenvalue weighted by Gasteiger charge is -2.32. The lowest BCUT2D eigenvalue weighted by molar-refractivity contribution is -0.124. The number of carbonyl (C=O) groups is 2. The van der Waals surface area contributed by atoms with Gasteiger partial charge in [0.05, 0.1) is 11.8 Å². The molecule has 1 fully saturated rings. The molecule has 86 valence electrons. The summed E-state index contributed by atoms with van der Waals surface area (Å²) in [7, 11) is 1.56. The van der Waals surface area contributed by atoms with Crippen LogP contribution in [-0.2, 0) is 10.3 Å². The Hall–Kier alpha value is -2.37. The van der Waals surface area contributed by atoms with Gasteiger partial charge in [0, 0.05) is 13.2 Å². The molecule has 2 aliphatic rings. The number of carbonyl (C=O) groups excluding carboxylic acids is 2. The Kier molecular flexibility index (Phi) is 1.77. The zero-order valence-electron chi connectivity index (χ0n) is 9.01. The minimum atomic E-state index is -1.14. The molecule has 1 saturated heterocycles. The molecule has 3 amide bonds. The van der Waals surface area contributed by atoms with Gasteiger partial charge in [-0.05, 0) is 18.2 Å². The van der Waals surface area contributed by atoms with Crippen molar-refractivity contribution in [3.63, 3.8) is 0 Å². The maximum atomic E-state index is 12.0. The van der Waals surface area contributed by atoms with E-state index in [9.17, 15) is 9.59 Å². The molecular formula is C11H9N3O3. The number of nitrogens with zero attached hydrogens (tertiary/aromatic N) is 2. The number of hydrogen-bond donors (Lipinski definition) is 1. The molecule has 0 saturated carbocycles. The van der Waals surface area contributed by atoms with E-state index in [0.29, 0.717) is 11.4 Å². The maximum absolute atomic E-state index is 12.0. The highest BCUT2D eigenvalue weighted by atomic mass is 16.5. The fourth-order valence-corrected chi connectivity index (χ4v) is 2.14. The van der Waals surface area contributed by atoms with Crippen molar-refractivity contribution >= 4 is 11.9 Å². The van der Waals surface area contributed by atoms with Crippen LogP contribution in [0, 0.1) is 0 Å². The van der Waals surface area contributed by atoms with Crippen LogP contribution in [0.5, 0.6) is 5.88 Å². The molecule has 6 nitrogen and oxygen atoms in total. The second-order valence-electron chi connectivity index (χ2n) is 3.86. The number of nitrogens with one attached hydrogen (secondary N) is 1. The Morgan fingerprint density at radius 1 is 1.47 bits per heavy atom. The number of imide groups is 1. The molecule has 1 aromatic heterocycles. The van der Waals surface area contributed by atoms with Crippen molar-refractivity contribution in [1.82, 2.24) is 15.2 Å². The lowest BCUT2D eigenvalue weighted by Crippen LogP contribution is -2.44. The van der Waals surface area contributed by atoms with Gasteiger partial charge in [0.2, 0.25) is 5.88 Å². The number of ether oxygens (including phenoxy) is 1. The summed E-state index contributed by atoms with van der Waals surface area (Å²) >= 11 is 0.